The van der Waals surface area contributed by atoms with E-state index < -0.39 is 0 Å². The highest BCUT2D eigenvalue weighted by Gasteiger charge is 2.15. The minimum Gasteiger partial charge on any atom is -0.816 e. The Balaban J connectivity index is 1.94. The van der Waals surface area contributed by atoms with E-state index in [-0.39, 0.29) is 6.01 Å². The minimum atomic E-state index is -0.389. The monoisotopic (exact) mass is 294 g/mol. The zero-order valence-corrected chi connectivity index (χ0v) is 12.7. The second kappa shape index (κ2) is 5.97. The largest absolute Gasteiger partial charge is 0.816 e. The Kier molecular flexibility index (Phi) is 3.87. The molecule has 2 aromatic carbocycles. The number of rotatable bonds is 4. The molecule has 0 fully saturated rings. The fourth-order valence-corrected chi connectivity index (χ4v) is 2.28. The summed E-state index contributed by atoms with van der Waals surface area (Å²) in [7, 11) is 0. The lowest BCUT2D eigenvalue weighted by atomic mass is 9.99. The molecule has 0 N–H and O–H groups in total. The first-order valence-electron chi connectivity index (χ1n) is 7.41. The van der Waals surface area contributed by atoms with E-state index in [1.54, 1.807) is 0 Å². The van der Waals surface area contributed by atoms with Gasteiger partial charge in [-0.15, -0.1) is 4.68 Å². The maximum absolute atomic E-state index is 12.1. The number of benzene rings is 2. The van der Waals surface area contributed by atoms with Crippen LogP contribution in [0.3, 0.4) is 0 Å². The predicted molar refractivity (Wildman–Crippen MR) is 81.0 cm³/mol. The Morgan fingerprint density at radius 1 is 1.09 bits per heavy atom. The van der Waals surface area contributed by atoms with Gasteiger partial charge >= 0.3 is 0 Å². The summed E-state index contributed by atoms with van der Waals surface area (Å²) < 4.78 is 1.31. The van der Waals surface area contributed by atoms with Crippen molar-refractivity contribution in [3.05, 3.63) is 60.2 Å². The van der Waals surface area contributed by atoms with Gasteiger partial charge in [0, 0.05) is 4.80 Å². The van der Waals surface area contributed by atoms with Gasteiger partial charge in [0.2, 0.25) is 0 Å². The Morgan fingerprint density at radius 3 is 2.41 bits per heavy atom. The normalized spacial score (nSPS) is 12.3. The SMILES string of the molecule is CCC(C)c1ccc(-[n+]2nn(-c3ccccc3)nc2[O-])cc1. The summed E-state index contributed by atoms with van der Waals surface area (Å²) in [5.74, 6) is 0.505. The summed E-state index contributed by atoms with van der Waals surface area (Å²) in [4.78, 5) is 1.35. The molecule has 3 rings (SSSR count). The van der Waals surface area contributed by atoms with Crippen LogP contribution in [0, 0.1) is 0 Å². The smallest absolute Gasteiger partial charge is 0.272 e. The average Bonchev–Trinajstić information content (AvgIpc) is 2.97. The molecule has 0 saturated carbocycles. The highest BCUT2D eigenvalue weighted by molar-refractivity contribution is 5.30. The highest BCUT2D eigenvalue weighted by atomic mass is 16.3. The van der Waals surface area contributed by atoms with Gasteiger partial charge in [-0.05, 0) is 42.2 Å². The zero-order chi connectivity index (χ0) is 15.5. The molecule has 1 atom stereocenters. The summed E-state index contributed by atoms with van der Waals surface area (Å²) in [6, 6.07) is 16.9. The summed E-state index contributed by atoms with van der Waals surface area (Å²) in [5.41, 5.74) is 2.74. The second-order valence-electron chi connectivity index (χ2n) is 5.31. The van der Waals surface area contributed by atoms with Crippen molar-refractivity contribution >= 4 is 0 Å². The summed E-state index contributed by atoms with van der Waals surface area (Å²) in [6.07, 6.45) is 1.09. The topological polar surface area (TPSA) is 57.7 Å². The molecule has 0 saturated heterocycles. The maximum Gasteiger partial charge on any atom is 0.272 e. The molecule has 0 radical (unpaired) electrons. The quantitative estimate of drug-likeness (QED) is 0.693. The van der Waals surface area contributed by atoms with Crippen LogP contribution in [-0.2, 0) is 0 Å². The zero-order valence-electron chi connectivity index (χ0n) is 12.7. The van der Waals surface area contributed by atoms with Crippen LogP contribution in [-0.4, -0.2) is 15.1 Å². The molecule has 0 aliphatic heterocycles. The van der Waals surface area contributed by atoms with Crippen molar-refractivity contribution in [2.45, 2.75) is 26.2 Å². The van der Waals surface area contributed by atoms with E-state index >= 15 is 0 Å². The number of nitrogens with zero attached hydrogens (tertiary/aromatic N) is 4. The van der Waals surface area contributed by atoms with E-state index in [4.69, 9.17) is 0 Å². The summed E-state index contributed by atoms with van der Waals surface area (Å²) in [5, 5.41) is 20.3. The molecule has 5 nitrogen and oxygen atoms in total. The van der Waals surface area contributed by atoms with Gasteiger partial charge < -0.3 is 5.11 Å². The molecule has 0 aliphatic rings. The molecule has 1 heterocycles. The van der Waals surface area contributed by atoms with Crippen molar-refractivity contribution in [1.29, 1.82) is 0 Å². The number of para-hydroxylation sites is 1. The standard InChI is InChI=1S/C17H18N4O/c1-3-13(2)14-9-11-15(12-10-14)20-17(22)18-21(19-20)16-7-5-4-6-8-16/h4-13H,3H2,1-2H3. The lowest BCUT2D eigenvalue weighted by Crippen LogP contribution is -2.36. The van der Waals surface area contributed by atoms with Crippen LogP contribution in [0.5, 0.6) is 6.01 Å². The lowest BCUT2D eigenvalue weighted by molar-refractivity contribution is -0.704. The number of hydrogen-bond donors (Lipinski definition) is 0. The number of tetrazole rings is 1. The Morgan fingerprint density at radius 2 is 1.77 bits per heavy atom. The fourth-order valence-electron chi connectivity index (χ4n) is 2.28. The van der Waals surface area contributed by atoms with Gasteiger partial charge in [-0.2, -0.15) is 0 Å². The van der Waals surface area contributed by atoms with E-state index in [0.29, 0.717) is 5.92 Å². The van der Waals surface area contributed by atoms with Crippen LogP contribution in [0.15, 0.2) is 54.6 Å². The Hall–Kier alpha value is -2.69. The molecule has 1 unspecified atom stereocenters. The Labute approximate surface area is 129 Å². The van der Waals surface area contributed by atoms with E-state index in [0.717, 1.165) is 17.8 Å². The van der Waals surface area contributed by atoms with Crippen LogP contribution >= 0.6 is 0 Å². The molecule has 0 bridgehead atoms. The fraction of sp³-hybridized carbons (Fsp3) is 0.235. The van der Waals surface area contributed by atoms with Gasteiger partial charge in [0.25, 0.3) is 6.01 Å². The molecule has 1 aromatic heterocycles. The van der Waals surface area contributed by atoms with Crippen LogP contribution in [0.4, 0.5) is 0 Å². The molecule has 0 spiro atoms. The third-order valence-corrected chi connectivity index (χ3v) is 3.84. The summed E-state index contributed by atoms with van der Waals surface area (Å²) in [6.45, 7) is 4.35. The van der Waals surface area contributed by atoms with Crippen LogP contribution in [0.2, 0.25) is 0 Å². The van der Waals surface area contributed by atoms with Crippen molar-refractivity contribution in [1.82, 2.24) is 15.1 Å². The van der Waals surface area contributed by atoms with Gasteiger partial charge in [-0.1, -0.05) is 44.2 Å². The van der Waals surface area contributed by atoms with E-state index in [9.17, 15) is 5.11 Å². The van der Waals surface area contributed by atoms with Gasteiger partial charge in [0.1, 0.15) is 5.69 Å². The molecule has 5 heteroatoms. The molecule has 3 aromatic rings. The van der Waals surface area contributed by atoms with E-state index in [1.165, 1.54) is 15.0 Å². The lowest BCUT2D eigenvalue weighted by Gasteiger charge is -2.08. The van der Waals surface area contributed by atoms with Gasteiger partial charge in [-0.25, -0.2) is 0 Å². The first-order valence-corrected chi connectivity index (χ1v) is 7.41. The molecular formula is C17H18N4O. The second-order valence-corrected chi connectivity index (χ2v) is 5.31. The van der Waals surface area contributed by atoms with E-state index in [2.05, 4.69) is 24.2 Å². The third-order valence-electron chi connectivity index (χ3n) is 3.84. The molecule has 112 valence electrons. The molecule has 22 heavy (non-hydrogen) atoms. The first-order chi connectivity index (χ1) is 10.7. The molecule has 0 aliphatic carbocycles. The van der Waals surface area contributed by atoms with Crippen molar-refractivity contribution in [2.75, 3.05) is 0 Å². The van der Waals surface area contributed by atoms with Gasteiger partial charge in [-0.3, -0.25) is 0 Å². The van der Waals surface area contributed by atoms with Gasteiger partial charge in [0.15, 0.2) is 5.69 Å². The first kappa shape index (κ1) is 14.3. The highest BCUT2D eigenvalue weighted by Crippen LogP contribution is 2.19. The van der Waals surface area contributed by atoms with E-state index in [1.807, 2.05) is 54.6 Å². The molecular weight excluding hydrogens is 276 g/mol. The minimum absolute atomic E-state index is 0.389. The van der Waals surface area contributed by atoms with Crippen molar-refractivity contribution in [3.8, 4) is 17.4 Å². The summed E-state index contributed by atoms with van der Waals surface area (Å²) >= 11 is 0. The average molecular weight is 294 g/mol. The van der Waals surface area contributed by atoms with Crippen LogP contribution in [0.1, 0.15) is 31.7 Å². The van der Waals surface area contributed by atoms with Crippen LogP contribution in [0.25, 0.3) is 11.4 Å². The molecule has 0 amide bonds. The predicted octanol–water partition coefficient (Wildman–Crippen LogP) is 2.13. The van der Waals surface area contributed by atoms with Crippen molar-refractivity contribution < 1.29 is 9.79 Å². The number of aromatic nitrogens is 4. The van der Waals surface area contributed by atoms with Crippen LogP contribution < -0.4 is 9.79 Å². The van der Waals surface area contributed by atoms with Crippen molar-refractivity contribution in [2.24, 2.45) is 0 Å². The number of hydrogen-bond acceptors (Lipinski definition) is 3. The van der Waals surface area contributed by atoms with Gasteiger partial charge in [0.05, 0.1) is 10.3 Å². The Bertz CT molecular complexity index is 750. The van der Waals surface area contributed by atoms with Crippen molar-refractivity contribution in [3.63, 3.8) is 0 Å². The third kappa shape index (κ3) is 2.70. The maximum atomic E-state index is 12.1.